The van der Waals surface area contributed by atoms with Crippen LogP contribution in [0.1, 0.15) is 31.9 Å². The van der Waals surface area contributed by atoms with E-state index in [4.69, 9.17) is 21.1 Å². The van der Waals surface area contributed by atoms with Crippen LogP contribution in [0.3, 0.4) is 0 Å². The Hall–Kier alpha value is -2.99. The second-order valence-electron chi connectivity index (χ2n) is 6.44. The quantitative estimate of drug-likeness (QED) is 0.713. The largest absolute Gasteiger partial charge is 0.503 e. The lowest BCUT2D eigenvalue weighted by Gasteiger charge is -2.27. The van der Waals surface area contributed by atoms with Crippen LogP contribution in [0.4, 0.5) is 5.69 Å². The van der Waals surface area contributed by atoms with Gasteiger partial charge in [-0.25, -0.2) is 0 Å². The molecule has 1 aliphatic rings. The highest BCUT2D eigenvalue weighted by molar-refractivity contribution is 6.31. The summed E-state index contributed by atoms with van der Waals surface area (Å²) in [5.74, 6) is -0.482. The third-order valence-corrected chi connectivity index (χ3v) is 4.95. The summed E-state index contributed by atoms with van der Waals surface area (Å²) in [5, 5.41) is 11.0. The molecule has 7 heteroatoms. The molecule has 0 saturated carbocycles. The molecule has 1 amide bonds. The first-order valence-corrected chi connectivity index (χ1v) is 9.66. The number of anilines is 1. The van der Waals surface area contributed by atoms with Crippen molar-refractivity contribution in [2.24, 2.45) is 0 Å². The first-order chi connectivity index (χ1) is 13.9. The molecular formula is C22H22ClNO5. The highest BCUT2D eigenvalue weighted by Crippen LogP contribution is 2.43. The summed E-state index contributed by atoms with van der Waals surface area (Å²) in [7, 11) is 1.53. The molecule has 1 unspecified atom stereocenters. The Kier molecular flexibility index (Phi) is 6.13. The Bertz CT molecular complexity index is 985. The van der Waals surface area contributed by atoms with Crippen LogP contribution in [0.2, 0.25) is 5.02 Å². The maximum atomic E-state index is 12.9. The van der Waals surface area contributed by atoms with Crippen molar-refractivity contribution in [1.82, 2.24) is 0 Å². The number of carbonyl (C=O) groups is 2. The number of Topliss-reactive ketones (excluding diaryl/α,β-unsaturated/α-hetero) is 1. The van der Waals surface area contributed by atoms with Crippen molar-refractivity contribution >= 4 is 29.0 Å². The summed E-state index contributed by atoms with van der Waals surface area (Å²) in [6, 6.07) is 11.1. The van der Waals surface area contributed by atoms with Gasteiger partial charge >= 0.3 is 0 Å². The Morgan fingerprint density at radius 2 is 1.93 bits per heavy atom. The molecule has 0 aromatic heterocycles. The summed E-state index contributed by atoms with van der Waals surface area (Å²) < 4.78 is 11.0. The Labute approximate surface area is 174 Å². The average molecular weight is 416 g/mol. The summed E-state index contributed by atoms with van der Waals surface area (Å²) in [4.78, 5) is 27.0. The zero-order valence-corrected chi connectivity index (χ0v) is 17.2. The van der Waals surface area contributed by atoms with Gasteiger partial charge in [0, 0.05) is 17.1 Å². The van der Waals surface area contributed by atoms with Gasteiger partial charge < -0.3 is 14.6 Å². The fraction of sp³-hybridized carbons (Fsp3) is 0.273. The minimum absolute atomic E-state index is 0.0603. The van der Waals surface area contributed by atoms with E-state index in [1.807, 2.05) is 6.92 Å². The zero-order chi connectivity index (χ0) is 21.1. The molecule has 0 aliphatic carbocycles. The molecular weight excluding hydrogens is 394 g/mol. The Balaban J connectivity index is 2.20. The van der Waals surface area contributed by atoms with Crippen molar-refractivity contribution in [3.63, 3.8) is 0 Å². The van der Waals surface area contributed by atoms with Gasteiger partial charge in [-0.05, 0) is 42.8 Å². The van der Waals surface area contributed by atoms with Gasteiger partial charge in [0.15, 0.2) is 23.0 Å². The van der Waals surface area contributed by atoms with Crippen LogP contribution in [-0.4, -0.2) is 30.5 Å². The number of aliphatic hydroxyl groups is 1. The number of methoxy groups -OCH3 is 1. The zero-order valence-electron chi connectivity index (χ0n) is 16.4. The summed E-state index contributed by atoms with van der Waals surface area (Å²) in [6.45, 7) is 3.95. The van der Waals surface area contributed by atoms with Crippen molar-refractivity contribution in [3.8, 4) is 11.5 Å². The van der Waals surface area contributed by atoms with Gasteiger partial charge in [0.2, 0.25) is 0 Å². The summed E-state index contributed by atoms with van der Waals surface area (Å²) in [5.41, 5.74) is 1.15. The molecule has 1 heterocycles. The van der Waals surface area contributed by atoms with E-state index >= 15 is 0 Å². The number of rotatable bonds is 7. The number of halogens is 1. The standard InChI is InChI=1S/C22H22ClNO5/c1-4-16(25)19-20(13-9-10-17(28-3)18(11-13)29-5-2)24(22(27)21(19)26)15-8-6-7-14(23)12-15/h6-12,20,26H,4-5H2,1-3H3. The maximum Gasteiger partial charge on any atom is 0.294 e. The molecule has 1 atom stereocenters. The van der Waals surface area contributed by atoms with E-state index in [2.05, 4.69) is 0 Å². The van der Waals surface area contributed by atoms with Crippen molar-refractivity contribution in [3.05, 3.63) is 64.4 Å². The van der Waals surface area contributed by atoms with E-state index in [1.165, 1.54) is 12.0 Å². The van der Waals surface area contributed by atoms with Gasteiger partial charge in [-0.3, -0.25) is 14.5 Å². The molecule has 3 rings (SSSR count). The second-order valence-corrected chi connectivity index (χ2v) is 6.88. The van der Waals surface area contributed by atoms with Crippen LogP contribution in [0.15, 0.2) is 53.8 Å². The topological polar surface area (TPSA) is 76.1 Å². The van der Waals surface area contributed by atoms with Crippen molar-refractivity contribution in [1.29, 1.82) is 0 Å². The van der Waals surface area contributed by atoms with Gasteiger partial charge in [0.1, 0.15) is 0 Å². The predicted molar refractivity (Wildman–Crippen MR) is 111 cm³/mol. The van der Waals surface area contributed by atoms with Gasteiger partial charge in [-0.15, -0.1) is 0 Å². The van der Waals surface area contributed by atoms with Crippen LogP contribution in [0, 0.1) is 0 Å². The first kappa shape index (κ1) is 20.7. The molecule has 2 aromatic rings. The minimum atomic E-state index is -0.807. The molecule has 0 bridgehead atoms. The average Bonchev–Trinajstić information content (AvgIpc) is 2.98. The fourth-order valence-electron chi connectivity index (χ4n) is 3.42. The summed E-state index contributed by atoms with van der Waals surface area (Å²) >= 11 is 6.12. The fourth-order valence-corrected chi connectivity index (χ4v) is 3.60. The Morgan fingerprint density at radius 1 is 1.17 bits per heavy atom. The van der Waals surface area contributed by atoms with Crippen molar-refractivity contribution in [2.45, 2.75) is 26.3 Å². The van der Waals surface area contributed by atoms with Crippen LogP contribution in [-0.2, 0) is 9.59 Å². The number of carbonyl (C=O) groups excluding carboxylic acids is 2. The number of benzene rings is 2. The Morgan fingerprint density at radius 3 is 2.55 bits per heavy atom. The first-order valence-electron chi connectivity index (χ1n) is 9.29. The van der Waals surface area contributed by atoms with Gasteiger partial charge in [-0.2, -0.15) is 0 Å². The molecule has 152 valence electrons. The van der Waals surface area contributed by atoms with Crippen LogP contribution in [0.5, 0.6) is 11.5 Å². The maximum absolute atomic E-state index is 12.9. The van der Waals surface area contributed by atoms with Crippen LogP contribution in [0.25, 0.3) is 0 Å². The van der Waals surface area contributed by atoms with Crippen LogP contribution >= 0.6 is 11.6 Å². The number of aliphatic hydroxyl groups excluding tert-OH is 1. The highest BCUT2D eigenvalue weighted by Gasteiger charge is 2.44. The molecule has 0 spiro atoms. The smallest absolute Gasteiger partial charge is 0.294 e. The SMILES string of the molecule is CCOc1cc(C2C(C(=O)CC)=C(O)C(=O)N2c2cccc(Cl)c2)ccc1OC. The van der Waals surface area contributed by atoms with Crippen molar-refractivity contribution in [2.75, 3.05) is 18.6 Å². The third kappa shape index (κ3) is 3.80. The van der Waals surface area contributed by atoms with E-state index in [0.717, 1.165) is 0 Å². The molecule has 6 nitrogen and oxygen atoms in total. The number of ether oxygens (including phenoxy) is 2. The van der Waals surface area contributed by atoms with E-state index in [9.17, 15) is 14.7 Å². The lowest BCUT2D eigenvalue weighted by molar-refractivity contribution is -0.118. The predicted octanol–water partition coefficient (Wildman–Crippen LogP) is 4.63. The van der Waals surface area contributed by atoms with E-state index in [1.54, 1.807) is 49.4 Å². The van der Waals surface area contributed by atoms with Crippen molar-refractivity contribution < 1.29 is 24.2 Å². The molecule has 0 saturated heterocycles. The molecule has 1 N–H and O–H groups in total. The van der Waals surface area contributed by atoms with Gasteiger partial charge in [0.05, 0.1) is 25.3 Å². The molecule has 29 heavy (non-hydrogen) atoms. The van der Waals surface area contributed by atoms with E-state index in [0.29, 0.717) is 34.4 Å². The number of nitrogens with zero attached hydrogens (tertiary/aromatic N) is 1. The summed E-state index contributed by atoms with van der Waals surface area (Å²) in [6.07, 6.45) is 0.154. The normalized spacial score (nSPS) is 16.3. The molecule has 1 aliphatic heterocycles. The minimum Gasteiger partial charge on any atom is -0.503 e. The highest BCUT2D eigenvalue weighted by atomic mass is 35.5. The van der Waals surface area contributed by atoms with E-state index < -0.39 is 17.7 Å². The lowest BCUT2D eigenvalue weighted by atomic mass is 9.94. The third-order valence-electron chi connectivity index (χ3n) is 4.72. The van der Waals surface area contributed by atoms with E-state index in [-0.39, 0.29) is 17.8 Å². The van der Waals surface area contributed by atoms with Gasteiger partial charge in [0.25, 0.3) is 5.91 Å². The number of amides is 1. The monoisotopic (exact) mass is 415 g/mol. The number of hydrogen-bond donors (Lipinski definition) is 1. The molecule has 2 aromatic carbocycles. The molecule has 0 radical (unpaired) electrons. The molecule has 0 fully saturated rings. The van der Waals surface area contributed by atoms with Crippen LogP contribution < -0.4 is 14.4 Å². The lowest BCUT2D eigenvalue weighted by Crippen LogP contribution is -2.31. The number of ketones is 1. The second kappa shape index (κ2) is 8.57. The van der Waals surface area contributed by atoms with Gasteiger partial charge in [-0.1, -0.05) is 30.7 Å². The number of hydrogen-bond acceptors (Lipinski definition) is 5.